The van der Waals surface area contributed by atoms with E-state index >= 15 is 0 Å². The highest BCUT2D eigenvalue weighted by molar-refractivity contribution is 6.32. The maximum Gasteiger partial charge on any atom is 0.263 e. The molecule has 1 aliphatic heterocycles. The molecule has 0 spiro atoms. The Kier molecular flexibility index (Phi) is 5.45. The molecule has 6 heteroatoms. The first-order valence-electron chi connectivity index (χ1n) is 7.07. The highest BCUT2D eigenvalue weighted by Crippen LogP contribution is 2.28. The highest BCUT2D eigenvalue weighted by atomic mass is 35.5. The summed E-state index contributed by atoms with van der Waals surface area (Å²) in [4.78, 5) is 14.0. The fraction of sp³-hybridized carbons (Fsp3) is 0.533. The van der Waals surface area contributed by atoms with Crippen LogP contribution in [0.3, 0.4) is 0 Å². The average molecular weight is 313 g/mol. The van der Waals surface area contributed by atoms with Gasteiger partial charge in [0.05, 0.1) is 18.2 Å². The van der Waals surface area contributed by atoms with Crippen molar-refractivity contribution in [1.82, 2.24) is 4.90 Å². The van der Waals surface area contributed by atoms with Crippen LogP contribution in [0.15, 0.2) is 18.2 Å². The number of amides is 1. The molecule has 1 fully saturated rings. The molecule has 21 heavy (non-hydrogen) atoms. The number of nitrogens with zero attached hydrogens (tertiary/aromatic N) is 1. The van der Waals surface area contributed by atoms with E-state index in [0.29, 0.717) is 37.1 Å². The van der Waals surface area contributed by atoms with Crippen LogP contribution in [0.2, 0.25) is 5.02 Å². The van der Waals surface area contributed by atoms with Gasteiger partial charge in [0.1, 0.15) is 5.75 Å². The first kappa shape index (κ1) is 16.1. The van der Waals surface area contributed by atoms with Gasteiger partial charge in [0, 0.05) is 19.1 Å². The summed E-state index contributed by atoms with van der Waals surface area (Å²) in [5.41, 5.74) is 6.74. The van der Waals surface area contributed by atoms with Crippen LogP contribution in [0.25, 0.3) is 0 Å². The molecule has 1 aliphatic rings. The van der Waals surface area contributed by atoms with Crippen LogP contribution in [0.1, 0.15) is 25.5 Å². The smallest absolute Gasteiger partial charge is 0.263 e. The van der Waals surface area contributed by atoms with E-state index in [2.05, 4.69) is 0 Å². The second-order valence-corrected chi connectivity index (χ2v) is 5.58. The lowest BCUT2D eigenvalue weighted by Crippen LogP contribution is -2.46. The van der Waals surface area contributed by atoms with Crippen molar-refractivity contribution in [2.75, 3.05) is 26.3 Å². The molecule has 1 heterocycles. The maximum atomic E-state index is 12.3. The number of hydrogen-bond acceptors (Lipinski definition) is 4. The molecule has 1 aromatic carbocycles. The van der Waals surface area contributed by atoms with Gasteiger partial charge >= 0.3 is 0 Å². The molecule has 0 aromatic heterocycles. The average Bonchev–Trinajstić information content (AvgIpc) is 2.49. The van der Waals surface area contributed by atoms with Crippen molar-refractivity contribution < 1.29 is 14.3 Å². The van der Waals surface area contributed by atoms with Crippen LogP contribution >= 0.6 is 11.6 Å². The number of carbonyl (C=O) groups excluding carboxylic acids is 1. The summed E-state index contributed by atoms with van der Waals surface area (Å²) in [5, 5.41) is 0.464. The number of hydrogen-bond donors (Lipinski definition) is 1. The molecule has 2 unspecified atom stereocenters. The van der Waals surface area contributed by atoms with Gasteiger partial charge in [-0.25, -0.2) is 0 Å². The first-order chi connectivity index (χ1) is 9.99. The van der Waals surface area contributed by atoms with Gasteiger partial charge in [-0.2, -0.15) is 0 Å². The minimum Gasteiger partial charge on any atom is -0.479 e. The Morgan fingerprint density at radius 2 is 2.05 bits per heavy atom. The first-order valence-corrected chi connectivity index (χ1v) is 7.45. The zero-order chi connectivity index (χ0) is 15.4. The van der Waals surface area contributed by atoms with E-state index in [1.165, 1.54) is 0 Å². The molecule has 2 atom stereocenters. The second-order valence-electron chi connectivity index (χ2n) is 5.18. The Balaban J connectivity index is 2.01. The Morgan fingerprint density at radius 3 is 2.62 bits per heavy atom. The number of nitrogens with two attached hydrogens (primary N) is 1. The Labute approximate surface area is 130 Å². The van der Waals surface area contributed by atoms with Crippen LogP contribution in [0.4, 0.5) is 0 Å². The van der Waals surface area contributed by atoms with E-state index in [4.69, 9.17) is 26.8 Å². The quantitative estimate of drug-likeness (QED) is 0.923. The van der Waals surface area contributed by atoms with Crippen LogP contribution in [0.5, 0.6) is 5.75 Å². The summed E-state index contributed by atoms with van der Waals surface area (Å²) >= 11 is 6.18. The van der Waals surface area contributed by atoms with E-state index in [0.717, 1.165) is 5.56 Å². The summed E-state index contributed by atoms with van der Waals surface area (Å²) in [6.45, 7) is 5.96. The summed E-state index contributed by atoms with van der Waals surface area (Å²) in [7, 11) is 0. The SMILES string of the molecule is CC(Oc1ccc(C(C)N)cc1Cl)C(=O)N1CCOCC1. The summed E-state index contributed by atoms with van der Waals surface area (Å²) in [6.07, 6.45) is -0.582. The van der Waals surface area contributed by atoms with Crippen molar-refractivity contribution in [3.05, 3.63) is 28.8 Å². The molecule has 2 N–H and O–H groups in total. The van der Waals surface area contributed by atoms with E-state index in [1.54, 1.807) is 24.0 Å². The largest absolute Gasteiger partial charge is 0.479 e. The molecule has 0 saturated carbocycles. The Hall–Kier alpha value is -1.30. The van der Waals surface area contributed by atoms with Crippen molar-refractivity contribution in [3.8, 4) is 5.75 Å². The molecule has 1 saturated heterocycles. The van der Waals surface area contributed by atoms with Crippen LogP contribution in [-0.4, -0.2) is 43.2 Å². The standard InChI is InChI=1S/C15H21ClN2O3/c1-10(17)12-3-4-14(13(16)9-12)21-11(2)15(19)18-5-7-20-8-6-18/h3-4,9-11H,5-8,17H2,1-2H3. The van der Waals surface area contributed by atoms with Gasteiger partial charge in [0.25, 0.3) is 5.91 Å². The van der Waals surface area contributed by atoms with E-state index in [9.17, 15) is 4.79 Å². The third-order valence-electron chi connectivity index (χ3n) is 3.46. The zero-order valence-corrected chi connectivity index (χ0v) is 13.1. The fourth-order valence-electron chi connectivity index (χ4n) is 2.18. The van der Waals surface area contributed by atoms with Crippen molar-refractivity contribution >= 4 is 17.5 Å². The number of ether oxygens (including phenoxy) is 2. The molecule has 5 nitrogen and oxygen atoms in total. The van der Waals surface area contributed by atoms with Gasteiger partial charge in [0.2, 0.25) is 0 Å². The summed E-state index contributed by atoms with van der Waals surface area (Å²) in [6, 6.07) is 5.29. The molecule has 1 aromatic rings. The normalized spacial score (nSPS) is 18.2. The van der Waals surface area contributed by atoms with Gasteiger partial charge in [-0.1, -0.05) is 17.7 Å². The minimum atomic E-state index is -0.582. The zero-order valence-electron chi connectivity index (χ0n) is 12.3. The lowest BCUT2D eigenvalue weighted by atomic mass is 10.1. The number of rotatable bonds is 4. The molecule has 0 aliphatic carbocycles. The van der Waals surface area contributed by atoms with Crippen molar-refractivity contribution in [2.45, 2.75) is 26.0 Å². The van der Waals surface area contributed by atoms with E-state index in [-0.39, 0.29) is 11.9 Å². The van der Waals surface area contributed by atoms with Gasteiger partial charge in [-0.05, 0) is 31.5 Å². The summed E-state index contributed by atoms with van der Waals surface area (Å²) in [5.74, 6) is 0.445. The Bertz CT molecular complexity index is 502. The van der Waals surface area contributed by atoms with Crippen LogP contribution < -0.4 is 10.5 Å². The predicted molar refractivity (Wildman–Crippen MR) is 81.5 cm³/mol. The monoisotopic (exact) mass is 312 g/mol. The van der Waals surface area contributed by atoms with Crippen molar-refractivity contribution in [2.24, 2.45) is 5.73 Å². The molecule has 116 valence electrons. The van der Waals surface area contributed by atoms with Crippen molar-refractivity contribution in [3.63, 3.8) is 0 Å². The number of morpholine rings is 1. The van der Waals surface area contributed by atoms with Crippen LogP contribution in [0, 0.1) is 0 Å². The van der Waals surface area contributed by atoms with Gasteiger partial charge in [0.15, 0.2) is 6.10 Å². The second kappa shape index (κ2) is 7.11. The molecule has 0 bridgehead atoms. The topological polar surface area (TPSA) is 64.8 Å². The van der Waals surface area contributed by atoms with E-state index in [1.807, 2.05) is 13.0 Å². The maximum absolute atomic E-state index is 12.3. The minimum absolute atomic E-state index is 0.0503. The van der Waals surface area contributed by atoms with E-state index < -0.39 is 6.10 Å². The Morgan fingerprint density at radius 1 is 1.38 bits per heavy atom. The highest BCUT2D eigenvalue weighted by Gasteiger charge is 2.24. The molecular weight excluding hydrogens is 292 g/mol. The third-order valence-corrected chi connectivity index (χ3v) is 3.75. The predicted octanol–water partition coefficient (Wildman–Crippen LogP) is 1.99. The van der Waals surface area contributed by atoms with Gasteiger partial charge in [-0.3, -0.25) is 4.79 Å². The lowest BCUT2D eigenvalue weighted by molar-refractivity contribution is -0.142. The number of carbonyl (C=O) groups is 1. The summed E-state index contributed by atoms with van der Waals surface area (Å²) < 4.78 is 10.9. The number of halogens is 1. The number of benzene rings is 1. The van der Waals surface area contributed by atoms with Crippen LogP contribution in [-0.2, 0) is 9.53 Å². The van der Waals surface area contributed by atoms with Crippen molar-refractivity contribution in [1.29, 1.82) is 0 Å². The fourth-order valence-corrected chi connectivity index (χ4v) is 2.41. The molecule has 2 rings (SSSR count). The lowest BCUT2D eigenvalue weighted by Gasteiger charge is -2.29. The molecule has 0 radical (unpaired) electrons. The van der Waals surface area contributed by atoms with Gasteiger partial charge in [-0.15, -0.1) is 0 Å². The van der Waals surface area contributed by atoms with Gasteiger partial charge < -0.3 is 20.1 Å². The third kappa shape index (κ3) is 4.09. The molecular formula is C15H21ClN2O3. The molecule has 1 amide bonds.